The number of benzene rings is 1. The molecule has 0 spiro atoms. The minimum absolute atomic E-state index is 0.101. The van der Waals surface area contributed by atoms with Gasteiger partial charge in [0.1, 0.15) is 0 Å². The molecule has 0 radical (unpaired) electrons. The highest BCUT2D eigenvalue weighted by Crippen LogP contribution is 2.24. The smallest absolute Gasteiger partial charge is 0.181 e. The Labute approximate surface area is 120 Å². The van der Waals surface area contributed by atoms with Crippen LogP contribution in [0, 0.1) is 5.92 Å². The quantitative estimate of drug-likeness (QED) is 0.822. The van der Waals surface area contributed by atoms with Gasteiger partial charge in [0.2, 0.25) is 0 Å². The Morgan fingerprint density at radius 3 is 2.58 bits per heavy atom. The van der Waals surface area contributed by atoms with Crippen LogP contribution in [0.4, 0.5) is 0 Å². The van der Waals surface area contributed by atoms with Crippen molar-refractivity contribution in [3.8, 4) is 0 Å². The Balaban J connectivity index is 1.82. The van der Waals surface area contributed by atoms with Gasteiger partial charge in [-0.3, -0.25) is 0 Å². The largest absolute Gasteiger partial charge is 0.315 e. The number of hydrogen-bond donors (Lipinski definition) is 1. The van der Waals surface area contributed by atoms with Crippen molar-refractivity contribution in [2.45, 2.75) is 30.6 Å². The maximum absolute atomic E-state index is 12.1. The Morgan fingerprint density at radius 2 is 1.89 bits per heavy atom. The van der Waals surface area contributed by atoms with E-state index < -0.39 is 9.84 Å². The monoisotopic (exact) mass is 301 g/mol. The fraction of sp³-hybridized carbons (Fsp3) is 0.571. The van der Waals surface area contributed by atoms with E-state index in [-0.39, 0.29) is 10.6 Å². The van der Waals surface area contributed by atoms with Gasteiger partial charge < -0.3 is 5.32 Å². The zero-order valence-corrected chi connectivity index (χ0v) is 12.5. The van der Waals surface area contributed by atoms with Crippen molar-refractivity contribution in [2.75, 3.05) is 18.8 Å². The second-order valence-electron chi connectivity index (χ2n) is 5.10. The van der Waals surface area contributed by atoms with Gasteiger partial charge in [-0.05, 0) is 37.4 Å². The van der Waals surface area contributed by atoms with E-state index in [2.05, 4.69) is 5.32 Å². The minimum Gasteiger partial charge on any atom is -0.315 e. The van der Waals surface area contributed by atoms with Gasteiger partial charge in [0.15, 0.2) is 9.84 Å². The van der Waals surface area contributed by atoms with Crippen molar-refractivity contribution in [1.82, 2.24) is 5.32 Å². The van der Waals surface area contributed by atoms with E-state index in [1.807, 2.05) is 0 Å². The highest BCUT2D eigenvalue weighted by Gasteiger charge is 2.18. The molecule has 5 heteroatoms. The van der Waals surface area contributed by atoms with Gasteiger partial charge in [0.25, 0.3) is 0 Å². The third kappa shape index (κ3) is 4.20. The summed E-state index contributed by atoms with van der Waals surface area (Å²) in [5.74, 6) is 0.826. The van der Waals surface area contributed by atoms with Crippen LogP contribution in [-0.4, -0.2) is 27.3 Å². The van der Waals surface area contributed by atoms with Gasteiger partial charge in [-0.1, -0.05) is 36.6 Å². The Hall–Kier alpha value is -0.580. The van der Waals surface area contributed by atoms with E-state index in [1.165, 1.54) is 25.7 Å². The summed E-state index contributed by atoms with van der Waals surface area (Å²) in [6.45, 7) is 1.42. The van der Waals surface area contributed by atoms with Crippen LogP contribution >= 0.6 is 11.6 Å². The normalized spacial score (nSPS) is 16.9. The lowest BCUT2D eigenvalue weighted by atomic mass is 10.1. The standard InChI is InChI=1S/C14H20ClNO2S/c15-13-7-3-4-8-14(13)19(17,18)10-9-16-11-12-5-1-2-6-12/h3-4,7-8,12,16H,1-2,5-6,9-11H2. The second-order valence-corrected chi connectivity index (χ2v) is 7.59. The molecule has 106 valence electrons. The first kappa shape index (κ1) is 14.8. The van der Waals surface area contributed by atoms with Gasteiger partial charge in [-0.25, -0.2) is 8.42 Å². The average molecular weight is 302 g/mol. The fourth-order valence-corrected chi connectivity index (χ4v) is 4.31. The Kier molecular flexibility index (Phi) is 5.25. The number of hydrogen-bond acceptors (Lipinski definition) is 3. The van der Waals surface area contributed by atoms with Gasteiger partial charge >= 0.3 is 0 Å². The number of rotatable bonds is 6. The summed E-state index contributed by atoms with van der Waals surface area (Å²) >= 11 is 5.93. The lowest BCUT2D eigenvalue weighted by Crippen LogP contribution is -2.27. The molecular weight excluding hydrogens is 282 g/mol. The molecule has 0 bridgehead atoms. The van der Waals surface area contributed by atoms with Gasteiger partial charge in [0.05, 0.1) is 15.7 Å². The molecule has 0 amide bonds. The molecule has 1 N–H and O–H groups in total. The van der Waals surface area contributed by atoms with E-state index in [1.54, 1.807) is 24.3 Å². The van der Waals surface area contributed by atoms with Crippen LogP contribution < -0.4 is 5.32 Å². The molecule has 0 heterocycles. The molecule has 0 atom stereocenters. The maximum atomic E-state index is 12.1. The summed E-state index contributed by atoms with van der Waals surface area (Å²) in [6.07, 6.45) is 5.16. The first-order valence-corrected chi connectivity index (χ1v) is 8.80. The van der Waals surface area contributed by atoms with Crippen molar-refractivity contribution in [3.05, 3.63) is 29.3 Å². The molecule has 19 heavy (non-hydrogen) atoms. The van der Waals surface area contributed by atoms with Crippen LogP contribution in [0.25, 0.3) is 0 Å². The fourth-order valence-electron chi connectivity index (χ4n) is 2.53. The maximum Gasteiger partial charge on any atom is 0.181 e. The summed E-state index contributed by atoms with van der Waals surface area (Å²) in [4.78, 5) is 0.235. The third-order valence-electron chi connectivity index (χ3n) is 3.63. The minimum atomic E-state index is -3.28. The van der Waals surface area contributed by atoms with E-state index in [4.69, 9.17) is 11.6 Å². The molecular formula is C14H20ClNO2S. The number of sulfone groups is 1. The van der Waals surface area contributed by atoms with Crippen molar-refractivity contribution in [1.29, 1.82) is 0 Å². The first-order chi connectivity index (χ1) is 9.09. The van der Waals surface area contributed by atoms with Crippen LogP contribution in [-0.2, 0) is 9.84 Å². The molecule has 0 unspecified atom stereocenters. The summed E-state index contributed by atoms with van der Waals surface area (Å²) in [5, 5.41) is 3.55. The van der Waals surface area contributed by atoms with E-state index in [0.29, 0.717) is 11.6 Å². The SMILES string of the molecule is O=S(=O)(CCNCC1CCCC1)c1ccccc1Cl. The zero-order chi connectivity index (χ0) is 13.7. The van der Waals surface area contributed by atoms with Crippen LogP contribution in [0.2, 0.25) is 5.02 Å². The first-order valence-electron chi connectivity index (χ1n) is 6.77. The van der Waals surface area contributed by atoms with Crippen molar-refractivity contribution in [2.24, 2.45) is 5.92 Å². The molecule has 1 aromatic carbocycles. The molecule has 1 aromatic rings. The lowest BCUT2D eigenvalue weighted by molar-refractivity contribution is 0.497. The average Bonchev–Trinajstić information content (AvgIpc) is 2.88. The van der Waals surface area contributed by atoms with E-state index in [9.17, 15) is 8.42 Å². The molecule has 0 aliphatic heterocycles. The van der Waals surface area contributed by atoms with Gasteiger partial charge in [-0.2, -0.15) is 0 Å². The molecule has 0 saturated heterocycles. The molecule has 1 aliphatic rings. The highest BCUT2D eigenvalue weighted by atomic mass is 35.5. The topological polar surface area (TPSA) is 46.2 Å². The molecule has 1 saturated carbocycles. The van der Waals surface area contributed by atoms with Crippen molar-refractivity contribution >= 4 is 21.4 Å². The van der Waals surface area contributed by atoms with Crippen LogP contribution in [0.15, 0.2) is 29.2 Å². The lowest BCUT2D eigenvalue weighted by Gasteiger charge is -2.11. The van der Waals surface area contributed by atoms with Crippen molar-refractivity contribution in [3.63, 3.8) is 0 Å². The van der Waals surface area contributed by atoms with Gasteiger partial charge in [0, 0.05) is 6.54 Å². The Morgan fingerprint density at radius 1 is 1.21 bits per heavy atom. The Bertz CT molecular complexity index is 510. The third-order valence-corrected chi connectivity index (χ3v) is 5.84. The van der Waals surface area contributed by atoms with E-state index >= 15 is 0 Å². The number of halogens is 1. The van der Waals surface area contributed by atoms with Gasteiger partial charge in [-0.15, -0.1) is 0 Å². The van der Waals surface area contributed by atoms with Crippen LogP contribution in [0.1, 0.15) is 25.7 Å². The molecule has 2 rings (SSSR count). The summed E-state index contributed by atoms with van der Waals surface area (Å²) in [7, 11) is -3.28. The highest BCUT2D eigenvalue weighted by molar-refractivity contribution is 7.91. The molecule has 3 nitrogen and oxygen atoms in total. The second kappa shape index (κ2) is 6.73. The molecule has 0 aromatic heterocycles. The summed E-state index contributed by atoms with van der Waals surface area (Å²) in [5.41, 5.74) is 0. The van der Waals surface area contributed by atoms with E-state index in [0.717, 1.165) is 12.5 Å². The molecule has 1 aliphatic carbocycles. The van der Waals surface area contributed by atoms with Crippen LogP contribution in [0.3, 0.4) is 0 Å². The van der Waals surface area contributed by atoms with Crippen LogP contribution in [0.5, 0.6) is 0 Å². The summed E-state index contributed by atoms with van der Waals surface area (Å²) in [6, 6.07) is 6.61. The molecule has 1 fully saturated rings. The summed E-state index contributed by atoms with van der Waals surface area (Å²) < 4.78 is 24.2. The zero-order valence-electron chi connectivity index (χ0n) is 10.9. The predicted molar refractivity (Wildman–Crippen MR) is 78.3 cm³/mol. The van der Waals surface area contributed by atoms with Crippen molar-refractivity contribution < 1.29 is 8.42 Å². The number of nitrogens with one attached hydrogen (secondary N) is 1. The predicted octanol–water partition coefficient (Wildman–Crippen LogP) is 2.89.